The fourth-order valence-electron chi connectivity index (χ4n) is 1.49. The number of primary amides is 1. The monoisotopic (exact) mass is 212 g/mol. The Hall–Kier alpha value is -0.830. The lowest BCUT2D eigenvalue weighted by molar-refractivity contribution is -0.123. The van der Waals surface area contributed by atoms with Crippen molar-refractivity contribution in [3.63, 3.8) is 0 Å². The molecule has 0 spiro atoms. The molecule has 0 aliphatic rings. The largest absolute Gasteiger partial charge is 0.368 e. The van der Waals surface area contributed by atoms with Crippen molar-refractivity contribution in [3.8, 4) is 0 Å². The normalized spacial score (nSPS) is 14.5. The summed E-state index contributed by atoms with van der Waals surface area (Å²) in [7, 11) is 1.78. The van der Waals surface area contributed by atoms with Gasteiger partial charge in [0.05, 0.1) is 5.54 Å². The number of nitrogens with two attached hydrogens (primary N) is 1. The number of amides is 1. The van der Waals surface area contributed by atoms with Gasteiger partial charge in [-0.1, -0.05) is 25.3 Å². The highest BCUT2D eigenvalue weighted by Gasteiger charge is 2.27. The molecule has 0 radical (unpaired) electrons. The summed E-state index contributed by atoms with van der Waals surface area (Å²) in [5.74, 6) is -0.268. The molecule has 3 nitrogen and oxygen atoms in total. The van der Waals surface area contributed by atoms with Gasteiger partial charge in [-0.2, -0.15) is 0 Å². The number of unbranched alkanes of at least 4 members (excludes halogenated alkanes) is 4. The quantitative estimate of drug-likeness (QED) is 0.453. The lowest BCUT2D eigenvalue weighted by Crippen LogP contribution is -2.51. The van der Waals surface area contributed by atoms with E-state index in [0.717, 1.165) is 25.7 Å². The van der Waals surface area contributed by atoms with E-state index >= 15 is 0 Å². The summed E-state index contributed by atoms with van der Waals surface area (Å²) in [5, 5.41) is 2.99. The lowest BCUT2D eigenvalue weighted by Gasteiger charge is -2.25. The highest BCUT2D eigenvalue weighted by atomic mass is 16.1. The zero-order valence-corrected chi connectivity index (χ0v) is 10.0. The van der Waals surface area contributed by atoms with Gasteiger partial charge in [0.25, 0.3) is 0 Å². The second-order valence-corrected chi connectivity index (χ2v) is 4.19. The van der Waals surface area contributed by atoms with Crippen molar-refractivity contribution in [2.75, 3.05) is 7.05 Å². The van der Waals surface area contributed by atoms with Gasteiger partial charge in [-0.15, -0.1) is 6.58 Å². The molecule has 0 aromatic heterocycles. The van der Waals surface area contributed by atoms with E-state index in [9.17, 15) is 4.79 Å². The maximum absolute atomic E-state index is 11.2. The lowest BCUT2D eigenvalue weighted by atomic mass is 9.93. The number of rotatable bonds is 9. The van der Waals surface area contributed by atoms with Gasteiger partial charge in [0.1, 0.15) is 0 Å². The van der Waals surface area contributed by atoms with Crippen LogP contribution in [0.1, 0.15) is 45.4 Å². The zero-order chi connectivity index (χ0) is 11.7. The van der Waals surface area contributed by atoms with Crippen LogP contribution in [0.4, 0.5) is 0 Å². The van der Waals surface area contributed by atoms with Crippen molar-refractivity contribution in [1.29, 1.82) is 0 Å². The Labute approximate surface area is 93.1 Å². The summed E-state index contributed by atoms with van der Waals surface area (Å²) in [6, 6.07) is 0. The molecule has 0 saturated carbocycles. The van der Waals surface area contributed by atoms with Crippen LogP contribution in [0.25, 0.3) is 0 Å². The summed E-state index contributed by atoms with van der Waals surface area (Å²) < 4.78 is 0. The topological polar surface area (TPSA) is 55.1 Å². The molecule has 0 rings (SSSR count). The molecule has 3 heteroatoms. The van der Waals surface area contributed by atoms with Crippen LogP contribution in [-0.4, -0.2) is 18.5 Å². The third kappa shape index (κ3) is 5.57. The Kier molecular flexibility index (Phi) is 7.05. The molecule has 0 bridgehead atoms. The van der Waals surface area contributed by atoms with Crippen LogP contribution in [0.15, 0.2) is 12.7 Å². The summed E-state index contributed by atoms with van der Waals surface area (Å²) in [5.41, 5.74) is 4.79. The van der Waals surface area contributed by atoms with E-state index in [-0.39, 0.29) is 5.91 Å². The molecule has 0 aromatic carbocycles. The minimum atomic E-state index is -0.543. The average Bonchev–Trinajstić information content (AvgIpc) is 2.22. The first-order valence-electron chi connectivity index (χ1n) is 5.66. The molecule has 0 aliphatic carbocycles. The Morgan fingerprint density at radius 3 is 2.47 bits per heavy atom. The second kappa shape index (κ2) is 7.46. The molecular formula is C12H24N2O. The molecule has 0 saturated heterocycles. The molecule has 88 valence electrons. The molecule has 1 amide bonds. The molecule has 0 heterocycles. The highest BCUT2D eigenvalue weighted by Crippen LogP contribution is 2.15. The molecule has 3 N–H and O–H groups in total. The standard InChI is InChI=1S/C12H24N2O/c1-4-5-6-7-8-9-10-12(2,14-3)11(13)15/h4,14H,1,5-10H2,2-3H3,(H2,13,15)/t12-/m0/s1. The second-order valence-electron chi connectivity index (χ2n) is 4.19. The van der Waals surface area contributed by atoms with Gasteiger partial charge >= 0.3 is 0 Å². The van der Waals surface area contributed by atoms with E-state index in [1.807, 2.05) is 13.0 Å². The van der Waals surface area contributed by atoms with Crippen LogP contribution in [0.2, 0.25) is 0 Å². The van der Waals surface area contributed by atoms with Crippen molar-refractivity contribution < 1.29 is 4.79 Å². The van der Waals surface area contributed by atoms with E-state index in [1.54, 1.807) is 7.05 Å². The Bertz CT molecular complexity index is 204. The van der Waals surface area contributed by atoms with Crippen LogP contribution < -0.4 is 11.1 Å². The molecule has 0 aromatic rings. The Morgan fingerprint density at radius 1 is 1.40 bits per heavy atom. The van der Waals surface area contributed by atoms with Crippen molar-refractivity contribution in [2.45, 2.75) is 51.0 Å². The third-order valence-corrected chi connectivity index (χ3v) is 2.93. The maximum atomic E-state index is 11.2. The molecule has 1 atom stereocenters. The predicted octanol–water partition coefficient (Wildman–Crippen LogP) is 1.98. The van der Waals surface area contributed by atoms with Gasteiger partial charge in [-0.05, 0) is 33.2 Å². The van der Waals surface area contributed by atoms with Gasteiger partial charge in [-0.3, -0.25) is 4.79 Å². The van der Waals surface area contributed by atoms with Crippen LogP contribution in [0.5, 0.6) is 0 Å². The van der Waals surface area contributed by atoms with E-state index in [2.05, 4.69) is 11.9 Å². The highest BCUT2D eigenvalue weighted by molar-refractivity contribution is 5.84. The van der Waals surface area contributed by atoms with Gasteiger partial charge in [-0.25, -0.2) is 0 Å². The summed E-state index contributed by atoms with van der Waals surface area (Å²) >= 11 is 0. The van der Waals surface area contributed by atoms with Crippen LogP contribution >= 0.6 is 0 Å². The summed E-state index contributed by atoms with van der Waals surface area (Å²) in [4.78, 5) is 11.2. The van der Waals surface area contributed by atoms with Gasteiger partial charge in [0.2, 0.25) is 5.91 Å². The molecule has 0 unspecified atom stereocenters. The van der Waals surface area contributed by atoms with Gasteiger partial charge in [0, 0.05) is 0 Å². The number of nitrogens with one attached hydrogen (secondary N) is 1. The van der Waals surface area contributed by atoms with Crippen LogP contribution in [-0.2, 0) is 4.79 Å². The zero-order valence-electron chi connectivity index (χ0n) is 10.0. The number of carbonyl (C=O) groups excluding carboxylic acids is 1. The Balaban J connectivity index is 3.64. The van der Waals surface area contributed by atoms with Crippen molar-refractivity contribution in [3.05, 3.63) is 12.7 Å². The first kappa shape index (κ1) is 14.2. The minimum Gasteiger partial charge on any atom is -0.368 e. The smallest absolute Gasteiger partial charge is 0.237 e. The van der Waals surface area contributed by atoms with E-state index in [4.69, 9.17) is 5.73 Å². The van der Waals surface area contributed by atoms with Crippen LogP contribution in [0.3, 0.4) is 0 Å². The molecule has 15 heavy (non-hydrogen) atoms. The molecular weight excluding hydrogens is 188 g/mol. The Morgan fingerprint density at radius 2 is 2.00 bits per heavy atom. The maximum Gasteiger partial charge on any atom is 0.237 e. The van der Waals surface area contributed by atoms with E-state index in [0.29, 0.717) is 0 Å². The van der Waals surface area contributed by atoms with Crippen molar-refractivity contribution >= 4 is 5.91 Å². The minimum absolute atomic E-state index is 0.268. The predicted molar refractivity (Wildman–Crippen MR) is 64.6 cm³/mol. The molecule has 0 aliphatic heterocycles. The fraction of sp³-hybridized carbons (Fsp3) is 0.750. The third-order valence-electron chi connectivity index (χ3n) is 2.93. The van der Waals surface area contributed by atoms with Crippen molar-refractivity contribution in [2.24, 2.45) is 5.73 Å². The average molecular weight is 212 g/mol. The van der Waals surface area contributed by atoms with Crippen LogP contribution in [0, 0.1) is 0 Å². The molecule has 0 fully saturated rings. The fourth-order valence-corrected chi connectivity index (χ4v) is 1.49. The summed E-state index contributed by atoms with van der Waals surface area (Å²) in [6.45, 7) is 5.54. The number of allylic oxidation sites excluding steroid dienone is 1. The van der Waals surface area contributed by atoms with E-state index in [1.165, 1.54) is 12.8 Å². The van der Waals surface area contributed by atoms with Gasteiger partial charge in [0.15, 0.2) is 0 Å². The van der Waals surface area contributed by atoms with Gasteiger partial charge < -0.3 is 11.1 Å². The number of carbonyl (C=O) groups is 1. The van der Waals surface area contributed by atoms with E-state index < -0.39 is 5.54 Å². The SMILES string of the molecule is C=CCCCCCC[C@](C)(NC)C(N)=O. The number of hydrogen-bond donors (Lipinski definition) is 2. The first-order valence-corrected chi connectivity index (χ1v) is 5.66. The van der Waals surface area contributed by atoms with Crippen molar-refractivity contribution in [1.82, 2.24) is 5.32 Å². The first-order chi connectivity index (χ1) is 7.06. The number of hydrogen-bond acceptors (Lipinski definition) is 2. The number of likely N-dealkylation sites (N-methyl/N-ethyl adjacent to an activating group) is 1. The summed E-state index contributed by atoms with van der Waals surface area (Å²) in [6.07, 6.45) is 8.42.